The van der Waals surface area contributed by atoms with E-state index in [0.717, 1.165) is 11.3 Å². The van der Waals surface area contributed by atoms with Crippen LogP contribution in [0.3, 0.4) is 0 Å². The van der Waals surface area contributed by atoms with E-state index in [-0.39, 0.29) is 11.8 Å². The molecule has 1 atom stereocenters. The normalized spacial score (nSPS) is 17.6. The zero-order valence-corrected chi connectivity index (χ0v) is 16.6. The van der Waals surface area contributed by atoms with Gasteiger partial charge in [0.05, 0.1) is 10.0 Å². The first-order chi connectivity index (χ1) is 12.3. The molecular formula is C19H17Cl3N2O2. The van der Waals surface area contributed by atoms with Gasteiger partial charge in [-0.15, -0.1) is 0 Å². The Bertz CT molecular complexity index is 885. The summed E-state index contributed by atoms with van der Waals surface area (Å²) >= 11 is 18.1. The quantitative estimate of drug-likeness (QED) is 0.710. The van der Waals surface area contributed by atoms with Crippen molar-refractivity contribution in [3.63, 3.8) is 0 Å². The van der Waals surface area contributed by atoms with Crippen molar-refractivity contribution in [2.45, 2.75) is 19.9 Å². The summed E-state index contributed by atoms with van der Waals surface area (Å²) < 4.78 is 0. The lowest BCUT2D eigenvalue weighted by atomic mass is 10.1. The fourth-order valence-corrected chi connectivity index (χ4v) is 3.54. The van der Waals surface area contributed by atoms with Crippen LogP contribution in [0.15, 0.2) is 36.4 Å². The van der Waals surface area contributed by atoms with Gasteiger partial charge >= 0.3 is 0 Å². The van der Waals surface area contributed by atoms with Crippen molar-refractivity contribution in [3.8, 4) is 0 Å². The maximum atomic E-state index is 12.9. The molecule has 0 bridgehead atoms. The number of nitrogens with zero attached hydrogens (tertiary/aromatic N) is 2. The molecule has 0 aliphatic carbocycles. The maximum Gasteiger partial charge on any atom is 0.254 e. The molecule has 0 unspecified atom stereocenters. The molecule has 4 nitrogen and oxygen atoms in total. The van der Waals surface area contributed by atoms with Gasteiger partial charge in [0.1, 0.15) is 6.04 Å². The zero-order chi connectivity index (χ0) is 19.0. The molecule has 0 radical (unpaired) electrons. The van der Waals surface area contributed by atoms with Gasteiger partial charge in [0.15, 0.2) is 0 Å². The maximum absolute atomic E-state index is 12.9. The van der Waals surface area contributed by atoms with Crippen molar-refractivity contribution in [1.82, 2.24) is 4.90 Å². The van der Waals surface area contributed by atoms with Crippen LogP contribution in [0.5, 0.6) is 0 Å². The van der Waals surface area contributed by atoms with Crippen LogP contribution in [0.25, 0.3) is 0 Å². The lowest BCUT2D eigenvalue weighted by molar-refractivity contribution is -0.124. The molecule has 7 heteroatoms. The van der Waals surface area contributed by atoms with Crippen molar-refractivity contribution in [1.29, 1.82) is 0 Å². The molecule has 1 saturated heterocycles. The summed E-state index contributed by atoms with van der Waals surface area (Å²) in [6.07, 6.45) is 0. The second-order valence-electron chi connectivity index (χ2n) is 6.18. The van der Waals surface area contributed by atoms with Crippen molar-refractivity contribution in [3.05, 3.63) is 62.6 Å². The van der Waals surface area contributed by atoms with Crippen molar-refractivity contribution < 1.29 is 9.59 Å². The highest BCUT2D eigenvalue weighted by Crippen LogP contribution is 2.30. The first kappa shape index (κ1) is 19.0. The molecule has 136 valence electrons. The van der Waals surface area contributed by atoms with Crippen LogP contribution in [0.2, 0.25) is 15.1 Å². The molecule has 0 spiro atoms. The standard InChI is InChI=1S/C19H17Cl3N2O2/c1-11-14(20)4-3-5-17(11)24-9-8-23(12(2)18(24)25)19(26)13-6-7-15(21)16(22)10-13/h3-7,10,12H,8-9H2,1-2H3/t12-/m0/s1. The Morgan fingerprint density at radius 2 is 1.77 bits per heavy atom. The van der Waals surface area contributed by atoms with Crippen LogP contribution in [-0.4, -0.2) is 35.8 Å². The molecule has 26 heavy (non-hydrogen) atoms. The van der Waals surface area contributed by atoms with E-state index >= 15 is 0 Å². The van der Waals surface area contributed by atoms with Gasteiger partial charge in [-0.2, -0.15) is 0 Å². The number of halogens is 3. The average molecular weight is 412 g/mol. The van der Waals surface area contributed by atoms with Crippen LogP contribution < -0.4 is 4.90 Å². The number of carbonyl (C=O) groups is 2. The molecule has 2 aromatic carbocycles. The van der Waals surface area contributed by atoms with Gasteiger partial charge in [-0.05, 0) is 49.7 Å². The number of piperazine rings is 1. The number of rotatable bonds is 2. The highest BCUT2D eigenvalue weighted by atomic mass is 35.5. The van der Waals surface area contributed by atoms with Gasteiger partial charge in [0, 0.05) is 29.4 Å². The van der Waals surface area contributed by atoms with E-state index in [0.29, 0.717) is 33.7 Å². The average Bonchev–Trinajstić information content (AvgIpc) is 2.62. The monoisotopic (exact) mass is 410 g/mol. The lowest BCUT2D eigenvalue weighted by Gasteiger charge is -2.39. The van der Waals surface area contributed by atoms with Gasteiger partial charge in [-0.25, -0.2) is 0 Å². The minimum atomic E-state index is -0.593. The third-order valence-corrected chi connectivity index (χ3v) is 5.76. The van der Waals surface area contributed by atoms with Gasteiger partial charge in [0.2, 0.25) is 5.91 Å². The second kappa shape index (κ2) is 7.47. The van der Waals surface area contributed by atoms with E-state index in [4.69, 9.17) is 34.8 Å². The lowest BCUT2D eigenvalue weighted by Crippen LogP contribution is -2.58. The summed E-state index contributed by atoms with van der Waals surface area (Å²) in [5, 5.41) is 1.30. The molecule has 3 rings (SSSR count). The van der Waals surface area contributed by atoms with E-state index in [2.05, 4.69) is 0 Å². The fourth-order valence-electron chi connectivity index (χ4n) is 3.07. The predicted octanol–water partition coefficient (Wildman–Crippen LogP) is 4.83. The molecule has 1 aliphatic heterocycles. The number of anilines is 1. The minimum Gasteiger partial charge on any atom is -0.325 e. The van der Waals surface area contributed by atoms with Crippen LogP contribution in [-0.2, 0) is 4.79 Å². The Labute approximate surface area is 167 Å². The van der Waals surface area contributed by atoms with E-state index < -0.39 is 6.04 Å². The van der Waals surface area contributed by atoms with Crippen LogP contribution >= 0.6 is 34.8 Å². The second-order valence-corrected chi connectivity index (χ2v) is 7.40. The highest BCUT2D eigenvalue weighted by Gasteiger charge is 2.36. The third-order valence-electron chi connectivity index (χ3n) is 4.61. The van der Waals surface area contributed by atoms with Gasteiger partial charge in [-0.3, -0.25) is 9.59 Å². The Hall–Kier alpha value is -1.75. The van der Waals surface area contributed by atoms with Gasteiger partial charge in [-0.1, -0.05) is 40.9 Å². The number of benzene rings is 2. The summed E-state index contributed by atoms with van der Waals surface area (Å²) in [5.74, 6) is -0.387. The van der Waals surface area contributed by atoms with E-state index in [1.165, 1.54) is 6.07 Å². The number of hydrogen-bond acceptors (Lipinski definition) is 2. The highest BCUT2D eigenvalue weighted by molar-refractivity contribution is 6.42. The Morgan fingerprint density at radius 3 is 2.46 bits per heavy atom. The number of hydrogen-bond donors (Lipinski definition) is 0. The first-order valence-corrected chi connectivity index (χ1v) is 9.27. The SMILES string of the molecule is Cc1c(Cl)cccc1N1CCN(C(=O)c2ccc(Cl)c(Cl)c2)[C@@H](C)C1=O. The van der Waals surface area contributed by atoms with Gasteiger partial charge < -0.3 is 9.80 Å². The molecular weight excluding hydrogens is 395 g/mol. The first-order valence-electron chi connectivity index (χ1n) is 8.13. The summed E-state index contributed by atoms with van der Waals surface area (Å²) in [6, 6.07) is 9.59. The summed E-state index contributed by atoms with van der Waals surface area (Å²) in [7, 11) is 0. The Balaban J connectivity index is 1.84. The Morgan fingerprint density at radius 1 is 1.04 bits per heavy atom. The molecule has 0 aromatic heterocycles. The smallest absolute Gasteiger partial charge is 0.254 e. The van der Waals surface area contributed by atoms with Crippen molar-refractivity contribution in [2.24, 2.45) is 0 Å². The van der Waals surface area contributed by atoms with E-state index in [1.54, 1.807) is 34.9 Å². The summed E-state index contributed by atoms with van der Waals surface area (Å²) in [5.41, 5.74) is 2.03. The molecule has 2 amide bonds. The molecule has 0 N–H and O–H groups in total. The number of carbonyl (C=O) groups excluding carboxylic acids is 2. The molecule has 1 aliphatic rings. The number of amides is 2. The fraction of sp³-hybridized carbons (Fsp3) is 0.263. The van der Waals surface area contributed by atoms with Crippen LogP contribution in [0.1, 0.15) is 22.8 Å². The van der Waals surface area contributed by atoms with Crippen molar-refractivity contribution >= 4 is 52.3 Å². The van der Waals surface area contributed by atoms with Crippen LogP contribution in [0.4, 0.5) is 5.69 Å². The molecule has 0 saturated carbocycles. The third kappa shape index (κ3) is 3.41. The molecule has 2 aromatic rings. The van der Waals surface area contributed by atoms with E-state index in [1.807, 2.05) is 19.1 Å². The molecule has 1 heterocycles. The largest absolute Gasteiger partial charge is 0.325 e. The topological polar surface area (TPSA) is 40.6 Å². The summed E-state index contributed by atoms with van der Waals surface area (Å²) in [6.45, 7) is 4.42. The van der Waals surface area contributed by atoms with Gasteiger partial charge in [0.25, 0.3) is 5.91 Å². The zero-order valence-electron chi connectivity index (χ0n) is 14.3. The molecule has 1 fully saturated rings. The summed E-state index contributed by atoms with van der Waals surface area (Å²) in [4.78, 5) is 29.0. The predicted molar refractivity (Wildman–Crippen MR) is 106 cm³/mol. The van der Waals surface area contributed by atoms with Crippen molar-refractivity contribution in [2.75, 3.05) is 18.0 Å². The Kier molecular flexibility index (Phi) is 5.47. The van der Waals surface area contributed by atoms with Crippen LogP contribution in [0, 0.1) is 6.92 Å². The minimum absolute atomic E-state index is 0.143. The van der Waals surface area contributed by atoms with E-state index in [9.17, 15) is 9.59 Å².